The zero-order valence-corrected chi connectivity index (χ0v) is 14.3. The van der Waals surface area contributed by atoms with Gasteiger partial charge in [0.1, 0.15) is 6.10 Å². The molecule has 2 aliphatic rings. The molecular weight excluding hydrogens is 260 g/mol. The molecule has 0 N–H and O–H groups in total. The highest BCUT2D eigenvalue weighted by molar-refractivity contribution is 5.66. The monoisotopic (exact) mass is 294 g/mol. The third kappa shape index (κ3) is 5.00. The summed E-state index contributed by atoms with van der Waals surface area (Å²) in [6, 6.07) is 0. The Kier molecular flexibility index (Phi) is 6.57. The van der Waals surface area contributed by atoms with Gasteiger partial charge in [0.05, 0.1) is 0 Å². The van der Waals surface area contributed by atoms with Gasteiger partial charge < -0.3 is 4.74 Å². The van der Waals surface area contributed by atoms with Gasteiger partial charge in [0, 0.05) is 6.92 Å². The molecule has 0 saturated heterocycles. The molecule has 0 aromatic carbocycles. The second-order valence-electron chi connectivity index (χ2n) is 7.56. The second-order valence-corrected chi connectivity index (χ2v) is 7.56. The molecule has 0 aromatic heterocycles. The number of carbonyl (C=O) groups excluding carboxylic acids is 1. The zero-order chi connectivity index (χ0) is 15.2. The van der Waals surface area contributed by atoms with Crippen LogP contribution in [0, 0.1) is 23.7 Å². The minimum atomic E-state index is -0.126. The maximum Gasteiger partial charge on any atom is 0.302 e. The quantitative estimate of drug-likeness (QED) is 0.639. The van der Waals surface area contributed by atoms with Gasteiger partial charge in [0.25, 0.3) is 0 Å². The highest BCUT2D eigenvalue weighted by atomic mass is 16.5. The van der Waals surface area contributed by atoms with Crippen LogP contribution in [-0.2, 0) is 9.53 Å². The fourth-order valence-electron chi connectivity index (χ4n) is 4.80. The Morgan fingerprint density at radius 1 is 1.00 bits per heavy atom. The lowest BCUT2D eigenvalue weighted by Crippen LogP contribution is -2.31. The number of rotatable bonds is 5. The first-order valence-corrected chi connectivity index (χ1v) is 9.27. The van der Waals surface area contributed by atoms with Crippen molar-refractivity contribution in [3.8, 4) is 0 Å². The first-order chi connectivity index (χ1) is 10.1. The van der Waals surface area contributed by atoms with E-state index in [4.69, 9.17) is 4.74 Å². The number of carbonyl (C=O) groups is 1. The van der Waals surface area contributed by atoms with Crippen molar-refractivity contribution in [1.29, 1.82) is 0 Å². The minimum Gasteiger partial charge on any atom is -0.463 e. The van der Waals surface area contributed by atoms with Crippen LogP contribution in [0.15, 0.2) is 0 Å². The summed E-state index contributed by atoms with van der Waals surface area (Å²) in [5.41, 5.74) is 0. The van der Waals surface area contributed by atoms with Crippen molar-refractivity contribution in [1.82, 2.24) is 0 Å². The molecule has 21 heavy (non-hydrogen) atoms. The number of hydrogen-bond acceptors (Lipinski definition) is 2. The van der Waals surface area contributed by atoms with Crippen molar-refractivity contribution in [2.75, 3.05) is 0 Å². The normalized spacial score (nSPS) is 35.2. The molecule has 0 amide bonds. The molecule has 2 fully saturated rings. The molecule has 2 nitrogen and oxygen atoms in total. The smallest absolute Gasteiger partial charge is 0.302 e. The average Bonchev–Trinajstić information content (AvgIpc) is 2.48. The van der Waals surface area contributed by atoms with E-state index in [0.29, 0.717) is 5.92 Å². The molecule has 0 aromatic rings. The summed E-state index contributed by atoms with van der Waals surface area (Å²) in [6.45, 7) is 5.91. The van der Waals surface area contributed by atoms with Crippen molar-refractivity contribution >= 4 is 5.97 Å². The summed E-state index contributed by atoms with van der Waals surface area (Å²) in [7, 11) is 0. The summed E-state index contributed by atoms with van der Waals surface area (Å²) in [6.07, 6.45) is 14.0. The molecule has 0 bridgehead atoms. The van der Waals surface area contributed by atoms with Gasteiger partial charge in [-0.25, -0.2) is 0 Å². The maximum atomic E-state index is 11.1. The molecule has 0 heterocycles. The predicted octanol–water partition coefficient (Wildman–Crippen LogP) is 5.35. The first-order valence-electron chi connectivity index (χ1n) is 9.27. The Labute approximate surface area is 131 Å². The van der Waals surface area contributed by atoms with Crippen LogP contribution in [-0.4, -0.2) is 12.1 Å². The third-order valence-electron chi connectivity index (χ3n) is 6.09. The number of esters is 1. The molecule has 122 valence electrons. The van der Waals surface area contributed by atoms with Gasteiger partial charge in [-0.15, -0.1) is 0 Å². The Morgan fingerprint density at radius 2 is 1.52 bits per heavy atom. The van der Waals surface area contributed by atoms with Crippen LogP contribution in [0.2, 0.25) is 0 Å². The zero-order valence-electron chi connectivity index (χ0n) is 14.3. The van der Waals surface area contributed by atoms with Crippen molar-refractivity contribution < 1.29 is 9.53 Å². The first kappa shape index (κ1) is 16.8. The van der Waals surface area contributed by atoms with Crippen molar-refractivity contribution in [3.63, 3.8) is 0 Å². The Morgan fingerprint density at radius 3 is 2.00 bits per heavy atom. The van der Waals surface area contributed by atoms with Crippen LogP contribution >= 0.6 is 0 Å². The molecule has 2 rings (SSSR count). The topological polar surface area (TPSA) is 26.3 Å². The third-order valence-corrected chi connectivity index (χ3v) is 6.09. The van der Waals surface area contributed by atoms with Gasteiger partial charge in [-0.1, -0.05) is 32.6 Å². The average molecular weight is 294 g/mol. The highest BCUT2D eigenvalue weighted by Gasteiger charge is 2.32. The van der Waals surface area contributed by atoms with E-state index < -0.39 is 0 Å². The van der Waals surface area contributed by atoms with Gasteiger partial charge in [-0.3, -0.25) is 4.79 Å². The minimum absolute atomic E-state index is 0.115. The van der Waals surface area contributed by atoms with E-state index in [9.17, 15) is 4.79 Å². The number of ether oxygens (including phenoxy) is 1. The Hall–Kier alpha value is -0.530. The van der Waals surface area contributed by atoms with Crippen LogP contribution in [0.5, 0.6) is 0 Å². The SMILES string of the molecule is CCC[C@H]1CC[C@H](C2CCC(C(C)OC(C)=O)CC2)CC1. The fraction of sp³-hybridized carbons (Fsp3) is 0.947. The van der Waals surface area contributed by atoms with Crippen LogP contribution < -0.4 is 0 Å². The predicted molar refractivity (Wildman–Crippen MR) is 87.0 cm³/mol. The standard InChI is InChI=1S/C19H34O2/c1-4-5-16-6-8-18(9-7-16)19-12-10-17(11-13-19)14(2)21-15(3)20/h14,16-19H,4-13H2,1-3H3/t14?,16-,17?,18-,19?. The van der Waals surface area contributed by atoms with E-state index in [1.165, 1.54) is 71.1 Å². The Balaban J connectivity index is 1.71. The van der Waals surface area contributed by atoms with E-state index in [0.717, 1.165) is 17.8 Å². The summed E-state index contributed by atoms with van der Waals surface area (Å²) in [5, 5.41) is 0. The van der Waals surface area contributed by atoms with E-state index in [1.54, 1.807) is 0 Å². The fourth-order valence-corrected chi connectivity index (χ4v) is 4.80. The molecule has 0 spiro atoms. The van der Waals surface area contributed by atoms with E-state index in [1.807, 2.05) is 0 Å². The lowest BCUT2D eigenvalue weighted by atomic mass is 9.68. The van der Waals surface area contributed by atoms with Gasteiger partial charge in [-0.05, 0) is 69.1 Å². The van der Waals surface area contributed by atoms with Crippen LogP contribution in [0.1, 0.15) is 85.0 Å². The largest absolute Gasteiger partial charge is 0.463 e. The number of hydrogen-bond donors (Lipinski definition) is 0. The molecule has 2 heteroatoms. The summed E-state index contributed by atoms with van der Waals surface area (Å²) in [5.74, 6) is 3.43. The van der Waals surface area contributed by atoms with Crippen molar-refractivity contribution in [2.45, 2.75) is 91.1 Å². The van der Waals surface area contributed by atoms with Gasteiger partial charge >= 0.3 is 5.97 Å². The van der Waals surface area contributed by atoms with E-state index in [-0.39, 0.29) is 12.1 Å². The molecule has 2 aliphatic carbocycles. The van der Waals surface area contributed by atoms with Crippen LogP contribution in [0.25, 0.3) is 0 Å². The lowest BCUT2D eigenvalue weighted by molar-refractivity contribution is -0.148. The molecular formula is C19H34O2. The molecule has 0 aliphatic heterocycles. The summed E-state index contributed by atoms with van der Waals surface area (Å²) in [4.78, 5) is 11.1. The molecule has 1 unspecified atom stereocenters. The van der Waals surface area contributed by atoms with Gasteiger partial charge in [0.2, 0.25) is 0 Å². The van der Waals surface area contributed by atoms with Gasteiger partial charge in [-0.2, -0.15) is 0 Å². The van der Waals surface area contributed by atoms with Gasteiger partial charge in [0.15, 0.2) is 0 Å². The van der Waals surface area contributed by atoms with Crippen LogP contribution in [0.3, 0.4) is 0 Å². The summed E-state index contributed by atoms with van der Waals surface area (Å²) >= 11 is 0. The van der Waals surface area contributed by atoms with Crippen LogP contribution in [0.4, 0.5) is 0 Å². The van der Waals surface area contributed by atoms with Crippen molar-refractivity contribution in [3.05, 3.63) is 0 Å². The second kappa shape index (κ2) is 8.19. The summed E-state index contributed by atoms with van der Waals surface area (Å²) < 4.78 is 5.37. The highest BCUT2D eigenvalue weighted by Crippen LogP contribution is 2.42. The Bertz CT molecular complexity index is 310. The molecule has 0 radical (unpaired) electrons. The lowest BCUT2D eigenvalue weighted by Gasteiger charge is -2.39. The maximum absolute atomic E-state index is 11.1. The van der Waals surface area contributed by atoms with Crippen molar-refractivity contribution in [2.24, 2.45) is 23.7 Å². The molecule has 2 saturated carbocycles. The van der Waals surface area contributed by atoms with E-state index >= 15 is 0 Å². The molecule has 1 atom stereocenters. The van der Waals surface area contributed by atoms with E-state index in [2.05, 4.69) is 13.8 Å².